The van der Waals surface area contributed by atoms with Crippen LogP contribution in [0.4, 0.5) is 5.69 Å². The molecule has 6 heteroatoms. The van der Waals surface area contributed by atoms with Gasteiger partial charge in [0.05, 0.1) is 23.5 Å². The third-order valence-electron chi connectivity index (χ3n) is 3.17. The molecule has 0 saturated heterocycles. The number of hydrogen-bond donors (Lipinski definition) is 2. The summed E-state index contributed by atoms with van der Waals surface area (Å²) in [6.07, 6.45) is 0.168. The van der Waals surface area contributed by atoms with Crippen LogP contribution in [-0.4, -0.2) is 21.3 Å². The SMILES string of the molecule is Cc1n[nH]c(C)c1NC(=O)Cc1noc2ccccc12. The summed E-state index contributed by atoms with van der Waals surface area (Å²) in [7, 11) is 0. The number of amides is 1. The Morgan fingerprint density at radius 2 is 2.15 bits per heavy atom. The lowest BCUT2D eigenvalue weighted by Crippen LogP contribution is -2.15. The second kappa shape index (κ2) is 4.80. The van der Waals surface area contributed by atoms with Gasteiger partial charge in [-0.3, -0.25) is 9.89 Å². The van der Waals surface area contributed by atoms with E-state index in [1.54, 1.807) is 0 Å². The van der Waals surface area contributed by atoms with Crippen LogP contribution >= 0.6 is 0 Å². The number of hydrogen-bond acceptors (Lipinski definition) is 4. The fourth-order valence-electron chi connectivity index (χ4n) is 2.14. The van der Waals surface area contributed by atoms with E-state index in [2.05, 4.69) is 20.7 Å². The van der Waals surface area contributed by atoms with Gasteiger partial charge in [0.25, 0.3) is 0 Å². The van der Waals surface area contributed by atoms with E-state index in [1.165, 1.54) is 0 Å². The molecule has 0 aliphatic carbocycles. The van der Waals surface area contributed by atoms with E-state index in [4.69, 9.17) is 4.52 Å². The Balaban J connectivity index is 1.80. The summed E-state index contributed by atoms with van der Waals surface area (Å²) in [4.78, 5) is 12.1. The first kappa shape index (κ1) is 12.4. The van der Waals surface area contributed by atoms with Crippen molar-refractivity contribution in [3.63, 3.8) is 0 Å². The minimum Gasteiger partial charge on any atom is -0.356 e. The maximum Gasteiger partial charge on any atom is 0.230 e. The second-order valence-electron chi connectivity index (χ2n) is 4.66. The predicted octanol–water partition coefficient (Wildman–Crippen LogP) is 2.35. The fourth-order valence-corrected chi connectivity index (χ4v) is 2.14. The summed E-state index contributed by atoms with van der Waals surface area (Å²) < 4.78 is 5.18. The highest BCUT2D eigenvalue weighted by Crippen LogP contribution is 2.20. The van der Waals surface area contributed by atoms with E-state index in [-0.39, 0.29) is 12.3 Å². The molecule has 0 unspecified atom stereocenters. The van der Waals surface area contributed by atoms with Crippen LogP contribution in [0.5, 0.6) is 0 Å². The number of H-pyrrole nitrogens is 1. The Morgan fingerprint density at radius 3 is 2.90 bits per heavy atom. The zero-order chi connectivity index (χ0) is 14.1. The van der Waals surface area contributed by atoms with Crippen LogP contribution < -0.4 is 5.32 Å². The highest BCUT2D eigenvalue weighted by molar-refractivity contribution is 5.95. The third kappa shape index (κ3) is 2.16. The normalized spacial score (nSPS) is 10.9. The van der Waals surface area contributed by atoms with Crippen molar-refractivity contribution >= 4 is 22.6 Å². The Morgan fingerprint density at radius 1 is 1.35 bits per heavy atom. The number of anilines is 1. The van der Waals surface area contributed by atoms with Crippen LogP contribution in [0.1, 0.15) is 17.1 Å². The summed E-state index contributed by atoms with van der Waals surface area (Å²) in [6.45, 7) is 3.70. The van der Waals surface area contributed by atoms with Gasteiger partial charge in [-0.25, -0.2) is 0 Å². The highest BCUT2D eigenvalue weighted by Gasteiger charge is 2.14. The second-order valence-corrected chi connectivity index (χ2v) is 4.66. The fraction of sp³-hybridized carbons (Fsp3) is 0.214. The predicted molar refractivity (Wildman–Crippen MR) is 74.4 cm³/mol. The molecule has 0 aliphatic rings. The molecule has 0 atom stereocenters. The van der Waals surface area contributed by atoms with Gasteiger partial charge in [-0.05, 0) is 26.0 Å². The number of aromatic nitrogens is 3. The molecule has 1 amide bonds. The number of rotatable bonds is 3. The molecule has 6 nitrogen and oxygen atoms in total. The molecule has 3 rings (SSSR count). The van der Waals surface area contributed by atoms with Crippen molar-refractivity contribution in [2.24, 2.45) is 0 Å². The zero-order valence-corrected chi connectivity index (χ0v) is 11.2. The summed E-state index contributed by atoms with van der Waals surface area (Å²) >= 11 is 0. The Kier molecular flexibility index (Phi) is 2.98. The van der Waals surface area contributed by atoms with E-state index >= 15 is 0 Å². The lowest BCUT2D eigenvalue weighted by Gasteiger charge is -2.03. The quantitative estimate of drug-likeness (QED) is 0.765. The van der Waals surface area contributed by atoms with Crippen LogP contribution in [0.2, 0.25) is 0 Å². The lowest BCUT2D eigenvalue weighted by atomic mass is 10.1. The molecule has 0 fully saturated rings. The van der Waals surface area contributed by atoms with Gasteiger partial charge in [0.2, 0.25) is 5.91 Å². The minimum absolute atomic E-state index is 0.142. The van der Waals surface area contributed by atoms with E-state index < -0.39 is 0 Å². The van der Waals surface area contributed by atoms with E-state index in [9.17, 15) is 4.79 Å². The first-order chi connectivity index (χ1) is 9.65. The van der Waals surface area contributed by atoms with E-state index in [1.807, 2.05) is 38.1 Å². The van der Waals surface area contributed by atoms with Crippen molar-refractivity contribution in [3.05, 3.63) is 41.3 Å². The Labute approximate surface area is 115 Å². The van der Waals surface area contributed by atoms with Crippen molar-refractivity contribution in [3.8, 4) is 0 Å². The number of nitrogens with one attached hydrogen (secondary N) is 2. The molecule has 0 saturated carbocycles. The van der Waals surface area contributed by atoms with Gasteiger partial charge in [0, 0.05) is 5.39 Å². The number of nitrogens with zero attached hydrogens (tertiary/aromatic N) is 2. The number of carbonyl (C=O) groups excluding carboxylic acids is 1. The third-order valence-corrected chi connectivity index (χ3v) is 3.17. The first-order valence-electron chi connectivity index (χ1n) is 6.30. The molecule has 102 valence electrons. The zero-order valence-electron chi connectivity index (χ0n) is 11.2. The number of benzene rings is 1. The van der Waals surface area contributed by atoms with Gasteiger partial charge in [0.1, 0.15) is 5.69 Å². The standard InChI is InChI=1S/C14H14N4O2/c1-8-14(9(2)17-16-8)15-13(19)7-11-10-5-3-4-6-12(10)20-18-11/h3-6H,7H2,1-2H3,(H,15,19)(H,16,17). The van der Waals surface area contributed by atoms with Crippen LogP contribution in [0.3, 0.4) is 0 Å². The molecule has 0 bridgehead atoms. The first-order valence-corrected chi connectivity index (χ1v) is 6.30. The molecular weight excluding hydrogens is 256 g/mol. The molecular formula is C14H14N4O2. The number of carbonyl (C=O) groups is 1. The smallest absolute Gasteiger partial charge is 0.230 e. The van der Waals surface area contributed by atoms with E-state index in [0.717, 1.165) is 22.5 Å². The van der Waals surface area contributed by atoms with Crippen molar-refractivity contribution in [2.45, 2.75) is 20.3 Å². The van der Waals surface area contributed by atoms with Crippen molar-refractivity contribution < 1.29 is 9.32 Å². The summed E-state index contributed by atoms with van der Waals surface area (Å²) in [5.74, 6) is -0.142. The van der Waals surface area contributed by atoms with Crippen LogP contribution in [0.15, 0.2) is 28.8 Å². The lowest BCUT2D eigenvalue weighted by molar-refractivity contribution is -0.115. The van der Waals surface area contributed by atoms with Gasteiger partial charge in [-0.15, -0.1) is 0 Å². The maximum absolute atomic E-state index is 12.1. The minimum atomic E-state index is -0.142. The summed E-state index contributed by atoms with van der Waals surface area (Å²) in [6, 6.07) is 7.48. The molecule has 0 radical (unpaired) electrons. The van der Waals surface area contributed by atoms with Gasteiger partial charge in [-0.2, -0.15) is 5.10 Å². The number of aryl methyl sites for hydroxylation is 2. The molecule has 2 heterocycles. The highest BCUT2D eigenvalue weighted by atomic mass is 16.5. The average Bonchev–Trinajstić information content (AvgIpc) is 2.98. The van der Waals surface area contributed by atoms with Crippen LogP contribution in [0.25, 0.3) is 11.0 Å². The van der Waals surface area contributed by atoms with Crippen molar-refractivity contribution in [1.82, 2.24) is 15.4 Å². The molecule has 3 aromatic rings. The number of aromatic amines is 1. The molecule has 2 N–H and O–H groups in total. The Bertz CT molecular complexity index is 753. The van der Waals surface area contributed by atoms with Crippen molar-refractivity contribution in [2.75, 3.05) is 5.32 Å². The molecule has 1 aromatic carbocycles. The molecule has 20 heavy (non-hydrogen) atoms. The maximum atomic E-state index is 12.1. The number of para-hydroxylation sites is 1. The largest absolute Gasteiger partial charge is 0.356 e. The molecule has 2 aromatic heterocycles. The van der Waals surface area contributed by atoms with Crippen LogP contribution in [0, 0.1) is 13.8 Å². The monoisotopic (exact) mass is 270 g/mol. The Hall–Kier alpha value is -2.63. The molecule has 0 aliphatic heterocycles. The van der Waals surface area contributed by atoms with Gasteiger partial charge < -0.3 is 9.84 Å². The van der Waals surface area contributed by atoms with Crippen molar-refractivity contribution in [1.29, 1.82) is 0 Å². The number of fused-ring (bicyclic) bond motifs is 1. The van der Waals surface area contributed by atoms with Gasteiger partial charge in [-0.1, -0.05) is 17.3 Å². The molecule has 0 spiro atoms. The topological polar surface area (TPSA) is 83.8 Å². The van der Waals surface area contributed by atoms with Crippen LogP contribution in [-0.2, 0) is 11.2 Å². The average molecular weight is 270 g/mol. The van der Waals surface area contributed by atoms with E-state index in [0.29, 0.717) is 11.3 Å². The van der Waals surface area contributed by atoms with Gasteiger partial charge >= 0.3 is 0 Å². The summed E-state index contributed by atoms with van der Waals surface area (Å²) in [5, 5.41) is 14.5. The summed E-state index contributed by atoms with van der Waals surface area (Å²) in [5.41, 5.74) is 3.65. The van der Waals surface area contributed by atoms with Gasteiger partial charge in [0.15, 0.2) is 5.58 Å².